The first-order chi connectivity index (χ1) is 18.4. The molecule has 3 N–H and O–H groups in total. The molecule has 2 aromatic carbocycles. The molecule has 0 aliphatic heterocycles. The molecule has 0 bridgehead atoms. The van der Waals surface area contributed by atoms with Crippen LogP contribution in [0.3, 0.4) is 0 Å². The Morgan fingerprint density at radius 3 is 2.47 bits per heavy atom. The van der Waals surface area contributed by atoms with Crippen molar-refractivity contribution in [1.82, 2.24) is 15.3 Å². The summed E-state index contributed by atoms with van der Waals surface area (Å²) in [5.41, 5.74) is 3.27. The Morgan fingerprint density at radius 1 is 0.974 bits per heavy atom. The summed E-state index contributed by atoms with van der Waals surface area (Å²) in [7, 11) is -3.70. The summed E-state index contributed by atoms with van der Waals surface area (Å²) in [5.74, 6) is 0. The standard InChI is InChI=1S/C29H34N4O3S2/c1-2-3-4-7-26-20-32-29(37-26)23-10-14-27(15-11-23)38(35,36)33-25-12-8-22(9-13-25)16-18-31-21-28(34)24-6-5-17-30-19-24/h5-6,8-15,17,19-20,28,31,33-34H,2-4,7,16,18,21H2,1H3. The molecule has 1 unspecified atom stereocenters. The lowest BCUT2D eigenvalue weighted by atomic mass is 10.1. The van der Waals surface area contributed by atoms with Crippen molar-refractivity contribution in [3.63, 3.8) is 0 Å². The smallest absolute Gasteiger partial charge is 0.261 e. The number of nitrogens with zero attached hydrogens (tertiary/aromatic N) is 2. The number of hydrogen-bond acceptors (Lipinski definition) is 7. The van der Waals surface area contributed by atoms with Gasteiger partial charge in [0, 0.05) is 46.8 Å². The molecule has 200 valence electrons. The molecular formula is C29H34N4O3S2. The number of aliphatic hydroxyl groups excluding tert-OH is 1. The number of aliphatic hydroxyl groups is 1. The maximum Gasteiger partial charge on any atom is 0.261 e. The van der Waals surface area contributed by atoms with E-state index in [0.29, 0.717) is 18.8 Å². The third kappa shape index (κ3) is 7.94. The van der Waals surface area contributed by atoms with Gasteiger partial charge in [-0.1, -0.05) is 50.1 Å². The molecule has 4 rings (SSSR count). The number of anilines is 1. The van der Waals surface area contributed by atoms with E-state index < -0.39 is 16.1 Å². The van der Waals surface area contributed by atoms with Crippen LogP contribution in [-0.4, -0.2) is 36.6 Å². The SMILES string of the molecule is CCCCCc1cnc(-c2ccc(S(=O)(=O)Nc3ccc(CCNCC(O)c4cccnc4)cc3)cc2)s1. The molecule has 0 aliphatic rings. The van der Waals surface area contributed by atoms with Gasteiger partial charge in [-0.15, -0.1) is 11.3 Å². The molecule has 2 heterocycles. The second-order valence-electron chi connectivity index (χ2n) is 9.17. The number of rotatable bonds is 14. The van der Waals surface area contributed by atoms with E-state index in [1.54, 1.807) is 54.1 Å². The van der Waals surface area contributed by atoms with E-state index in [4.69, 9.17) is 0 Å². The van der Waals surface area contributed by atoms with Gasteiger partial charge in [0.2, 0.25) is 0 Å². The molecule has 0 saturated heterocycles. The minimum Gasteiger partial charge on any atom is -0.387 e. The van der Waals surface area contributed by atoms with E-state index in [1.807, 2.05) is 36.5 Å². The predicted molar refractivity (Wildman–Crippen MR) is 154 cm³/mol. The van der Waals surface area contributed by atoms with Crippen molar-refractivity contribution < 1.29 is 13.5 Å². The maximum absolute atomic E-state index is 12.9. The highest BCUT2D eigenvalue weighted by atomic mass is 32.2. The van der Waals surface area contributed by atoms with Gasteiger partial charge in [0.1, 0.15) is 5.01 Å². The number of hydrogen-bond donors (Lipinski definition) is 3. The van der Waals surface area contributed by atoms with Crippen LogP contribution in [0.5, 0.6) is 0 Å². The highest BCUT2D eigenvalue weighted by Crippen LogP contribution is 2.28. The van der Waals surface area contributed by atoms with Gasteiger partial charge in [-0.25, -0.2) is 13.4 Å². The van der Waals surface area contributed by atoms with Crippen LogP contribution in [-0.2, 0) is 22.9 Å². The number of aromatic nitrogens is 2. The monoisotopic (exact) mass is 550 g/mol. The third-order valence-electron chi connectivity index (χ3n) is 6.20. The predicted octanol–water partition coefficient (Wildman–Crippen LogP) is 5.60. The normalized spacial score (nSPS) is 12.4. The van der Waals surface area contributed by atoms with Gasteiger partial charge in [0.15, 0.2) is 0 Å². The fourth-order valence-corrected chi connectivity index (χ4v) is 6.02. The fourth-order valence-electron chi connectivity index (χ4n) is 4.00. The lowest BCUT2D eigenvalue weighted by molar-refractivity contribution is 0.174. The highest BCUT2D eigenvalue weighted by Gasteiger charge is 2.15. The van der Waals surface area contributed by atoms with Crippen LogP contribution in [0.15, 0.2) is 84.1 Å². The second-order valence-corrected chi connectivity index (χ2v) is 12.0. The van der Waals surface area contributed by atoms with E-state index in [2.05, 4.69) is 26.9 Å². The largest absolute Gasteiger partial charge is 0.387 e. The number of aryl methyl sites for hydroxylation is 1. The summed E-state index contributed by atoms with van der Waals surface area (Å²) < 4.78 is 28.5. The Morgan fingerprint density at radius 2 is 1.76 bits per heavy atom. The zero-order valence-corrected chi connectivity index (χ0v) is 23.1. The molecule has 38 heavy (non-hydrogen) atoms. The molecule has 0 amide bonds. The van der Waals surface area contributed by atoms with E-state index in [0.717, 1.165) is 41.0 Å². The molecule has 0 radical (unpaired) electrons. The number of benzene rings is 2. The van der Waals surface area contributed by atoms with Gasteiger partial charge in [-0.05, 0) is 61.7 Å². The average molecular weight is 551 g/mol. The van der Waals surface area contributed by atoms with Crippen molar-refractivity contribution in [2.24, 2.45) is 0 Å². The fraction of sp³-hybridized carbons (Fsp3) is 0.310. The molecule has 1 atom stereocenters. The van der Waals surface area contributed by atoms with Gasteiger partial charge in [-0.3, -0.25) is 9.71 Å². The number of sulfonamides is 1. The van der Waals surface area contributed by atoms with Crippen molar-refractivity contribution >= 4 is 27.0 Å². The quantitative estimate of drug-likeness (QED) is 0.177. The zero-order chi connectivity index (χ0) is 26.8. The first-order valence-corrected chi connectivity index (χ1v) is 15.2. The molecule has 0 fully saturated rings. The number of unbranched alkanes of at least 4 members (excludes halogenated alkanes) is 2. The van der Waals surface area contributed by atoms with Crippen molar-refractivity contribution in [3.8, 4) is 10.6 Å². The van der Waals surface area contributed by atoms with E-state index in [-0.39, 0.29) is 4.90 Å². The molecule has 0 spiro atoms. The first kappa shape index (κ1) is 27.9. The lowest BCUT2D eigenvalue weighted by Crippen LogP contribution is -2.23. The van der Waals surface area contributed by atoms with Crippen LogP contribution in [0, 0.1) is 0 Å². The van der Waals surface area contributed by atoms with Crippen molar-refractivity contribution in [2.75, 3.05) is 17.8 Å². The number of thiazole rings is 1. The zero-order valence-electron chi connectivity index (χ0n) is 21.5. The van der Waals surface area contributed by atoms with E-state index in [1.165, 1.54) is 17.7 Å². The van der Waals surface area contributed by atoms with Crippen molar-refractivity contribution in [3.05, 3.63) is 95.3 Å². The Balaban J connectivity index is 1.27. The topological polar surface area (TPSA) is 104 Å². The average Bonchev–Trinajstić information content (AvgIpc) is 3.41. The lowest BCUT2D eigenvalue weighted by Gasteiger charge is -2.12. The summed E-state index contributed by atoms with van der Waals surface area (Å²) in [6.07, 6.45) is 10.0. The van der Waals surface area contributed by atoms with Crippen molar-refractivity contribution in [2.45, 2.75) is 50.0 Å². The summed E-state index contributed by atoms with van der Waals surface area (Å²) >= 11 is 1.67. The van der Waals surface area contributed by atoms with Crippen LogP contribution in [0.2, 0.25) is 0 Å². The van der Waals surface area contributed by atoms with Crippen LogP contribution in [0.25, 0.3) is 10.6 Å². The summed E-state index contributed by atoms with van der Waals surface area (Å²) in [6.45, 7) is 3.32. The van der Waals surface area contributed by atoms with E-state index >= 15 is 0 Å². The van der Waals surface area contributed by atoms with Gasteiger partial charge >= 0.3 is 0 Å². The molecule has 4 aromatic rings. The van der Waals surface area contributed by atoms with Crippen LogP contribution < -0.4 is 10.0 Å². The number of nitrogens with one attached hydrogen (secondary N) is 2. The van der Waals surface area contributed by atoms with Crippen LogP contribution in [0.1, 0.15) is 48.3 Å². The Kier molecular flexibility index (Phi) is 10.0. The van der Waals surface area contributed by atoms with E-state index in [9.17, 15) is 13.5 Å². The summed E-state index contributed by atoms with van der Waals surface area (Å²) in [6, 6.07) is 17.8. The maximum atomic E-state index is 12.9. The van der Waals surface area contributed by atoms with Gasteiger partial charge in [-0.2, -0.15) is 0 Å². The molecule has 0 aliphatic carbocycles. The molecule has 2 aromatic heterocycles. The molecule has 0 saturated carbocycles. The van der Waals surface area contributed by atoms with Gasteiger partial charge in [0.25, 0.3) is 10.0 Å². The Hall–Kier alpha value is -3.11. The number of pyridine rings is 1. The molecule has 9 heteroatoms. The minimum atomic E-state index is -3.70. The summed E-state index contributed by atoms with van der Waals surface area (Å²) in [5, 5.41) is 14.3. The minimum absolute atomic E-state index is 0.210. The van der Waals surface area contributed by atoms with Gasteiger partial charge in [0.05, 0.1) is 11.0 Å². The highest BCUT2D eigenvalue weighted by molar-refractivity contribution is 7.92. The molecular weight excluding hydrogens is 516 g/mol. The van der Waals surface area contributed by atoms with Crippen molar-refractivity contribution in [1.29, 1.82) is 0 Å². The van der Waals surface area contributed by atoms with Crippen LogP contribution >= 0.6 is 11.3 Å². The third-order valence-corrected chi connectivity index (χ3v) is 8.70. The Bertz CT molecular complexity index is 1370. The van der Waals surface area contributed by atoms with Crippen LogP contribution in [0.4, 0.5) is 5.69 Å². The van der Waals surface area contributed by atoms with Gasteiger partial charge < -0.3 is 10.4 Å². The molecule has 7 nitrogen and oxygen atoms in total. The summed E-state index contributed by atoms with van der Waals surface area (Å²) in [4.78, 5) is 10.0. The Labute approximate surface area is 229 Å². The first-order valence-electron chi connectivity index (χ1n) is 12.9. The second kappa shape index (κ2) is 13.6.